The Labute approximate surface area is 134 Å². The van der Waals surface area contributed by atoms with Crippen molar-refractivity contribution in [3.8, 4) is 0 Å². The molecule has 0 aliphatic heterocycles. The van der Waals surface area contributed by atoms with Crippen molar-refractivity contribution in [3.05, 3.63) is 46.7 Å². The molecule has 1 aromatic carbocycles. The Morgan fingerprint density at radius 3 is 2.23 bits per heavy atom. The SMILES string of the molecule is CC(C)(C)NS(=O)(=O)c1ccc(NC(=O)c2cccs2)cc1. The minimum atomic E-state index is -3.57. The van der Waals surface area contributed by atoms with Gasteiger partial charge in [0.1, 0.15) is 0 Å². The Morgan fingerprint density at radius 2 is 1.73 bits per heavy atom. The number of hydrogen-bond donors (Lipinski definition) is 2. The molecule has 0 unspecified atom stereocenters. The summed E-state index contributed by atoms with van der Waals surface area (Å²) in [7, 11) is -3.57. The van der Waals surface area contributed by atoms with Crippen LogP contribution >= 0.6 is 11.3 Å². The zero-order valence-electron chi connectivity index (χ0n) is 12.6. The van der Waals surface area contributed by atoms with Gasteiger partial charge in [0.2, 0.25) is 10.0 Å². The summed E-state index contributed by atoms with van der Waals surface area (Å²) in [6.45, 7) is 5.33. The molecule has 0 bridgehead atoms. The normalized spacial score (nSPS) is 12.1. The van der Waals surface area contributed by atoms with Crippen LogP contribution in [0.5, 0.6) is 0 Å². The first kappa shape index (κ1) is 16.7. The fourth-order valence-corrected chi connectivity index (χ4v) is 3.82. The van der Waals surface area contributed by atoms with E-state index in [-0.39, 0.29) is 10.8 Å². The Bertz CT molecular complexity index is 743. The van der Waals surface area contributed by atoms with Crippen molar-refractivity contribution in [2.75, 3.05) is 5.32 Å². The van der Waals surface area contributed by atoms with Gasteiger partial charge in [-0.3, -0.25) is 4.79 Å². The fraction of sp³-hybridized carbons (Fsp3) is 0.267. The molecule has 2 aromatic rings. The molecular formula is C15H18N2O3S2. The quantitative estimate of drug-likeness (QED) is 0.899. The summed E-state index contributed by atoms with van der Waals surface area (Å²) in [5, 5.41) is 4.55. The van der Waals surface area contributed by atoms with Crippen LogP contribution in [0.4, 0.5) is 5.69 Å². The molecule has 7 heteroatoms. The van der Waals surface area contributed by atoms with Crippen LogP contribution in [0.3, 0.4) is 0 Å². The van der Waals surface area contributed by atoms with Crippen LogP contribution in [-0.4, -0.2) is 19.9 Å². The van der Waals surface area contributed by atoms with Crippen LogP contribution in [-0.2, 0) is 10.0 Å². The van der Waals surface area contributed by atoms with E-state index in [2.05, 4.69) is 10.0 Å². The van der Waals surface area contributed by atoms with Crippen LogP contribution in [0.15, 0.2) is 46.7 Å². The first-order valence-corrected chi connectivity index (χ1v) is 9.03. The third kappa shape index (κ3) is 4.40. The summed E-state index contributed by atoms with van der Waals surface area (Å²) >= 11 is 1.35. The van der Waals surface area contributed by atoms with E-state index in [0.717, 1.165) is 0 Å². The zero-order chi connectivity index (χ0) is 16.4. The molecule has 1 amide bonds. The van der Waals surface area contributed by atoms with E-state index in [9.17, 15) is 13.2 Å². The first-order chi connectivity index (χ1) is 10.2. The van der Waals surface area contributed by atoms with Gasteiger partial charge in [-0.2, -0.15) is 0 Å². The van der Waals surface area contributed by atoms with Gasteiger partial charge in [-0.25, -0.2) is 13.1 Å². The highest BCUT2D eigenvalue weighted by molar-refractivity contribution is 7.89. The van der Waals surface area contributed by atoms with E-state index >= 15 is 0 Å². The number of nitrogens with one attached hydrogen (secondary N) is 2. The summed E-state index contributed by atoms with van der Waals surface area (Å²) in [5.41, 5.74) is -0.00153. The maximum atomic E-state index is 12.2. The number of thiophene rings is 1. The van der Waals surface area contributed by atoms with Crippen LogP contribution in [0, 0.1) is 0 Å². The number of amides is 1. The second-order valence-corrected chi connectivity index (χ2v) is 8.44. The fourth-order valence-electron chi connectivity index (χ4n) is 1.78. The second-order valence-electron chi connectivity index (χ2n) is 5.81. The number of anilines is 1. The Hall–Kier alpha value is -1.70. The van der Waals surface area contributed by atoms with E-state index in [0.29, 0.717) is 10.6 Å². The molecule has 0 saturated heterocycles. The average Bonchev–Trinajstić information content (AvgIpc) is 2.90. The molecule has 0 atom stereocenters. The van der Waals surface area contributed by atoms with Gasteiger partial charge in [0.15, 0.2) is 0 Å². The standard InChI is InChI=1S/C15H18N2O3S2/c1-15(2,3)17-22(19,20)12-8-6-11(7-9-12)16-14(18)13-5-4-10-21-13/h4-10,17H,1-3H3,(H,16,18). The van der Waals surface area contributed by atoms with Gasteiger partial charge in [0, 0.05) is 11.2 Å². The van der Waals surface area contributed by atoms with Crippen LogP contribution in [0.2, 0.25) is 0 Å². The molecule has 1 aromatic heterocycles. The third-order valence-corrected chi connectivity index (χ3v) is 5.25. The van der Waals surface area contributed by atoms with Crippen LogP contribution in [0.1, 0.15) is 30.4 Å². The molecule has 2 rings (SSSR count). The Morgan fingerprint density at radius 1 is 1.09 bits per heavy atom. The second kappa shape index (κ2) is 6.20. The monoisotopic (exact) mass is 338 g/mol. The van der Waals surface area contributed by atoms with E-state index < -0.39 is 15.6 Å². The van der Waals surface area contributed by atoms with Gasteiger partial charge in [-0.1, -0.05) is 6.07 Å². The molecule has 22 heavy (non-hydrogen) atoms. The van der Waals surface area contributed by atoms with E-state index in [1.165, 1.54) is 23.5 Å². The molecule has 2 N–H and O–H groups in total. The number of carbonyl (C=O) groups is 1. The van der Waals surface area contributed by atoms with E-state index in [1.54, 1.807) is 45.0 Å². The van der Waals surface area contributed by atoms with Crippen molar-refractivity contribution in [2.45, 2.75) is 31.2 Å². The van der Waals surface area contributed by atoms with Crippen molar-refractivity contribution in [1.82, 2.24) is 4.72 Å². The molecule has 0 saturated carbocycles. The Kier molecular flexibility index (Phi) is 4.69. The molecular weight excluding hydrogens is 320 g/mol. The molecule has 1 heterocycles. The highest BCUT2D eigenvalue weighted by atomic mass is 32.2. The number of hydrogen-bond acceptors (Lipinski definition) is 4. The van der Waals surface area contributed by atoms with Gasteiger partial charge >= 0.3 is 0 Å². The lowest BCUT2D eigenvalue weighted by atomic mass is 10.1. The van der Waals surface area contributed by atoms with E-state index in [4.69, 9.17) is 0 Å². The average molecular weight is 338 g/mol. The van der Waals surface area contributed by atoms with Gasteiger partial charge < -0.3 is 5.32 Å². The van der Waals surface area contributed by atoms with Crippen molar-refractivity contribution >= 4 is 33.0 Å². The molecule has 0 fully saturated rings. The van der Waals surface area contributed by atoms with Crippen molar-refractivity contribution in [1.29, 1.82) is 0 Å². The predicted molar refractivity (Wildman–Crippen MR) is 88.8 cm³/mol. The molecule has 118 valence electrons. The Balaban J connectivity index is 2.12. The van der Waals surface area contributed by atoms with Crippen LogP contribution in [0.25, 0.3) is 0 Å². The third-order valence-electron chi connectivity index (χ3n) is 2.61. The number of carbonyl (C=O) groups excluding carboxylic acids is 1. The first-order valence-electron chi connectivity index (χ1n) is 6.66. The van der Waals surface area contributed by atoms with Crippen molar-refractivity contribution in [2.24, 2.45) is 0 Å². The summed E-state index contributed by atoms with van der Waals surface area (Å²) < 4.78 is 26.9. The molecule has 0 aliphatic carbocycles. The van der Waals surface area contributed by atoms with Gasteiger partial charge in [0.25, 0.3) is 5.91 Å². The smallest absolute Gasteiger partial charge is 0.265 e. The maximum Gasteiger partial charge on any atom is 0.265 e. The summed E-state index contributed by atoms with van der Waals surface area (Å²) in [4.78, 5) is 12.7. The number of benzene rings is 1. The lowest BCUT2D eigenvalue weighted by Crippen LogP contribution is -2.40. The molecule has 0 aliphatic rings. The lowest BCUT2D eigenvalue weighted by Gasteiger charge is -2.20. The van der Waals surface area contributed by atoms with Crippen molar-refractivity contribution in [3.63, 3.8) is 0 Å². The summed E-state index contributed by atoms with van der Waals surface area (Å²) in [5.74, 6) is -0.210. The topological polar surface area (TPSA) is 75.3 Å². The minimum Gasteiger partial charge on any atom is -0.321 e. The number of rotatable bonds is 4. The highest BCUT2D eigenvalue weighted by Crippen LogP contribution is 2.17. The lowest BCUT2D eigenvalue weighted by molar-refractivity contribution is 0.103. The van der Waals surface area contributed by atoms with E-state index in [1.807, 2.05) is 5.38 Å². The van der Waals surface area contributed by atoms with Gasteiger partial charge in [0.05, 0.1) is 9.77 Å². The maximum absolute atomic E-state index is 12.2. The van der Waals surface area contributed by atoms with Crippen LogP contribution < -0.4 is 10.0 Å². The molecule has 5 nitrogen and oxygen atoms in total. The summed E-state index contributed by atoms with van der Waals surface area (Å²) in [6, 6.07) is 9.61. The van der Waals surface area contributed by atoms with Gasteiger partial charge in [-0.05, 0) is 56.5 Å². The number of sulfonamides is 1. The van der Waals surface area contributed by atoms with Gasteiger partial charge in [-0.15, -0.1) is 11.3 Å². The molecule has 0 spiro atoms. The summed E-state index contributed by atoms with van der Waals surface area (Å²) in [6.07, 6.45) is 0. The predicted octanol–water partition coefficient (Wildman–Crippen LogP) is 3.08. The largest absolute Gasteiger partial charge is 0.321 e. The minimum absolute atomic E-state index is 0.163. The zero-order valence-corrected chi connectivity index (χ0v) is 14.2. The molecule has 0 radical (unpaired) electrons. The van der Waals surface area contributed by atoms with Crippen molar-refractivity contribution < 1.29 is 13.2 Å². The highest BCUT2D eigenvalue weighted by Gasteiger charge is 2.21.